The SMILES string of the molecule is C=CCN(CC=C)c1nc(C)c(C)c2c1[nH]c(=O)n2Cc1ccccc1. The average molecular weight is 348 g/mol. The number of imidazole rings is 1. The summed E-state index contributed by atoms with van der Waals surface area (Å²) in [6.45, 7) is 13.4. The third-order valence-electron chi connectivity index (χ3n) is 4.56. The van der Waals surface area contributed by atoms with Gasteiger partial charge in [-0.2, -0.15) is 0 Å². The molecule has 2 heterocycles. The van der Waals surface area contributed by atoms with E-state index in [2.05, 4.69) is 23.0 Å². The number of hydrogen-bond acceptors (Lipinski definition) is 3. The molecule has 0 fully saturated rings. The van der Waals surface area contributed by atoms with Crippen LogP contribution in [0.25, 0.3) is 11.0 Å². The lowest BCUT2D eigenvalue weighted by atomic mass is 10.1. The van der Waals surface area contributed by atoms with Gasteiger partial charge in [-0.25, -0.2) is 9.78 Å². The van der Waals surface area contributed by atoms with Gasteiger partial charge in [-0.05, 0) is 25.0 Å². The summed E-state index contributed by atoms with van der Waals surface area (Å²) >= 11 is 0. The molecule has 0 radical (unpaired) electrons. The Morgan fingerprint density at radius 1 is 1.15 bits per heavy atom. The Morgan fingerprint density at radius 2 is 1.81 bits per heavy atom. The van der Waals surface area contributed by atoms with E-state index in [-0.39, 0.29) is 5.69 Å². The number of nitrogens with one attached hydrogen (secondary N) is 1. The highest BCUT2D eigenvalue weighted by molar-refractivity contribution is 5.89. The van der Waals surface area contributed by atoms with Crippen molar-refractivity contribution in [2.45, 2.75) is 20.4 Å². The second-order valence-corrected chi connectivity index (χ2v) is 6.35. The predicted octanol–water partition coefficient (Wildman–Crippen LogP) is 3.57. The first-order chi connectivity index (χ1) is 12.6. The van der Waals surface area contributed by atoms with Crippen molar-refractivity contribution in [3.8, 4) is 0 Å². The molecule has 1 aromatic carbocycles. The van der Waals surface area contributed by atoms with Crippen LogP contribution in [0.4, 0.5) is 5.82 Å². The summed E-state index contributed by atoms with van der Waals surface area (Å²) in [4.78, 5) is 22.5. The van der Waals surface area contributed by atoms with Crippen LogP contribution in [-0.4, -0.2) is 27.6 Å². The Balaban J connectivity index is 2.22. The van der Waals surface area contributed by atoms with Gasteiger partial charge in [0.2, 0.25) is 0 Å². The molecule has 2 aromatic heterocycles. The van der Waals surface area contributed by atoms with Crippen molar-refractivity contribution in [1.29, 1.82) is 0 Å². The number of hydrogen-bond donors (Lipinski definition) is 1. The molecule has 0 aliphatic carbocycles. The summed E-state index contributed by atoms with van der Waals surface area (Å²) in [5.74, 6) is 0.756. The molecule has 0 saturated carbocycles. The van der Waals surface area contributed by atoms with E-state index in [0.29, 0.717) is 19.6 Å². The van der Waals surface area contributed by atoms with E-state index in [0.717, 1.165) is 33.7 Å². The fraction of sp³-hybridized carbons (Fsp3) is 0.238. The zero-order valence-electron chi connectivity index (χ0n) is 15.3. The summed E-state index contributed by atoms with van der Waals surface area (Å²) in [5.41, 5.74) is 4.54. The zero-order chi connectivity index (χ0) is 18.7. The average Bonchev–Trinajstić information content (AvgIpc) is 2.95. The smallest absolute Gasteiger partial charge is 0.326 e. The van der Waals surface area contributed by atoms with E-state index in [1.54, 1.807) is 4.57 Å². The van der Waals surface area contributed by atoms with E-state index >= 15 is 0 Å². The number of rotatable bonds is 7. The van der Waals surface area contributed by atoms with Crippen molar-refractivity contribution in [3.63, 3.8) is 0 Å². The van der Waals surface area contributed by atoms with Crippen molar-refractivity contribution < 1.29 is 0 Å². The fourth-order valence-corrected chi connectivity index (χ4v) is 3.20. The first kappa shape index (κ1) is 17.7. The molecular formula is C21H24N4O. The molecule has 0 atom stereocenters. The molecule has 0 bridgehead atoms. The number of aromatic nitrogens is 3. The van der Waals surface area contributed by atoms with Crippen molar-refractivity contribution in [2.75, 3.05) is 18.0 Å². The van der Waals surface area contributed by atoms with Gasteiger partial charge in [-0.1, -0.05) is 42.5 Å². The highest BCUT2D eigenvalue weighted by Gasteiger charge is 2.19. The van der Waals surface area contributed by atoms with Crippen molar-refractivity contribution in [1.82, 2.24) is 14.5 Å². The van der Waals surface area contributed by atoms with Crippen LogP contribution in [0.1, 0.15) is 16.8 Å². The van der Waals surface area contributed by atoms with Crippen LogP contribution < -0.4 is 10.6 Å². The topological polar surface area (TPSA) is 53.9 Å². The van der Waals surface area contributed by atoms with Crippen LogP contribution in [0.15, 0.2) is 60.4 Å². The molecule has 0 saturated heterocycles. The van der Waals surface area contributed by atoms with E-state index in [1.165, 1.54) is 0 Å². The second-order valence-electron chi connectivity index (χ2n) is 6.35. The van der Waals surface area contributed by atoms with Crippen LogP contribution in [0.5, 0.6) is 0 Å². The van der Waals surface area contributed by atoms with Crippen molar-refractivity contribution in [3.05, 3.63) is 82.9 Å². The monoisotopic (exact) mass is 348 g/mol. The second kappa shape index (κ2) is 7.44. The van der Waals surface area contributed by atoms with Gasteiger partial charge in [-0.3, -0.25) is 4.57 Å². The minimum atomic E-state index is -0.127. The highest BCUT2D eigenvalue weighted by Crippen LogP contribution is 2.27. The van der Waals surface area contributed by atoms with Gasteiger partial charge in [0.1, 0.15) is 5.52 Å². The van der Waals surface area contributed by atoms with Gasteiger partial charge in [0.25, 0.3) is 0 Å². The molecule has 134 valence electrons. The largest absolute Gasteiger partial charge is 0.347 e. The number of benzene rings is 1. The molecule has 0 unspecified atom stereocenters. The number of pyridine rings is 1. The highest BCUT2D eigenvalue weighted by atomic mass is 16.1. The number of nitrogens with zero attached hydrogens (tertiary/aromatic N) is 3. The number of aromatic amines is 1. The molecular weight excluding hydrogens is 324 g/mol. The molecule has 0 spiro atoms. The fourth-order valence-electron chi connectivity index (χ4n) is 3.20. The van der Waals surface area contributed by atoms with Gasteiger partial charge in [0.15, 0.2) is 5.82 Å². The summed E-state index contributed by atoms with van der Waals surface area (Å²) < 4.78 is 1.79. The third kappa shape index (κ3) is 3.20. The molecule has 1 N–H and O–H groups in total. The van der Waals surface area contributed by atoms with E-state index in [4.69, 9.17) is 4.98 Å². The summed E-state index contributed by atoms with van der Waals surface area (Å²) in [5, 5.41) is 0. The Hall–Kier alpha value is -3.08. The minimum Gasteiger partial charge on any atom is -0.347 e. The van der Waals surface area contributed by atoms with Crippen molar-refractivity contribution >= 4 is 16.9 Å². The van der Waals surface area contributed by atoms with Gasteiger partial charge < -0.3 is 9.88 Å². The maximum atomic E-state index is 12.7. The Morgan fingerprint density at radius 3 is 2.42 bits per heavy atom. The number of aryl methyl sites for hydroxylation is 2. The maximum absolute atomic E-state index is 12.7. The molecule has 26 heavy (non-hydrogen) atoms. The molecule has 0 aliphatic rings. The predicted molar refractivity (Wildman–Crippen MR) is 108 cm³/mol. The van der Waals surface area contributed by atoms with Gasteiger partial charge in [-0.15, -0.1) is 13.2 Å². The molecule has 0 aliphatic heterocycles. The van der Waals surface area contributed by atoms with Crippen LogP contribution in [0.3, 0.4) is 0 Å². The molecule has 3 rings (SSSR count). The van der Waals surface area contributed by atoms with Gasteiger partial charge in [0, 0.05) is 18.8 Å². The molecule has 5 nitrogen and oxygen atoms in total. The standard InChI is InChI=1S/C21H24N4O/c1-5-12-24(13-6-2)20-18-19(15(3)16(4)22-20)25(21(26)23-18)14-17-10-8-7-9-11-17/h5-11H,1-2,12-14H2,3-4H3,(H,23,26). The first-order valence-corrected chi connectivity index (χ1v) is 8.67. The van der Waals surface area contributed by atoms with Crippen LogP contribution in [0, 0.1) is 13.8 Å². The van der Waals surface area contributed by atoms with Crippen LogP contribution in [0.2, 0.25) is 0 Å². The quantitative estimate of drug-likeness (QED) is 0.664. The summed E-state index contributed by atoms with van der Waals surface area (Å²) in [6.07, 6.45) is 3.65. The number of fused-ring (bicyclic) bond motifs is 1. The Kier molecular flexibility index (Phi) is 5.07. The lowest BCUT2D eigenvalue weighted by Gasteiger charge is -2.22. The minimum absolute atomic E-state index is 0.127. The van der Waals surface area contributed by atoms with Gasteiger partial charge in [0.05, 0.1) is 12.1 Å². The van der Waals surface area contributed by atoms with E-state index in [1.807, 2.05) is 56.3 Å². The van der Waals surface area contributed by atoms with Crippen molar-refractivity contribution in [2.24, 2.45) is 0 Å². The van der Waals surface area contributed by atoms with Crippen LogP contribution in [-0.2, 0) is 6.54 Å². The third-order valence-corrected chi connectivity index (χ3v) is 4.56. The lowest BCUT2D eigenvalue weighted by Crippen LogP contribution is -2.25. The van der Waals surface area contributed by atoms with E-state index < -0.39 is 0 Å². The molecule has 5 heteroatoms. The molecule has 3 aromatic rings. The Bertz CT molecular complexity index is 988. The number of anilines is 1. The van der Waals surface area contributed by atoms with Gasteiger partial charge >= 0.3 is 5.69 Å². The lowest BCUT2D eigenvalue weighted by molar-refractivity contribution is 0.784. The van der Waals surface area contributed by atoms with Crippen LogP contribution >= 0.6 is 0 Å². The van der Waals surface area contributed by atoms with E-state index in [9.17, 15) is 4.79 Å². The normalized spacial score (nSPS) is 10.8. The molecule has 0 amide bonds. The Labute approximate surface area is 153 Å². The summed E-state index contributed by atoms with van der Waals surface area (Å²) in [7, 11) is 0. The number of H-pyrrole nitrogens is 1. The summed E-state index contributed by atoms with van der Waals surface area (Å²) in [6, 6.07) is 9.99. The zero-order valence-corrected chi connectivity index (χ0v) is 15.3. The first-order valence-electron chi connectivity index (χ1n) is 8.67. The maximum Gasteiger partial charge on any atom is 0.326 e.